The highest BCUT2D eigenvalue weighted by atomic mass is 16.6. The van der Waals surface area contributed by atoms with Gasteiger partial charge in [-0.25, -0.2) is 0 Å². The molecule has 2 aromatic rings. The van der Waals surface area contributed by atoms with E-state index in [1.54, 1.807) is 0 Å². The Kier molecular flexibility index (Phi) is 7.39. The maximum Gasteiger partial charge on any atom is 0.321 e. The minimum Gasteiger partial charge on any atom is -0.392 e. The van der Waals surface area contributed by atoms with Crippen LogP contribution in [0.5, 0.6) is 0 Å². The molecule has 2 atom stereocenters. The molecule has 0 aliphatic rings. The molecule has 0 aliphatic heterocycles. The highest BCUT2D eigenvalue weighted by molar-refractivity contribution is 5.92. The molecule has 0 aliphatic carbocycles. The van der Waals surface area contributed by atoms with Crippen LogP contribution in [0.25, 0.3) is 0 Å². The summed E-state index contributed by atoms with van der Waals surface area (Å²) in [6.45, 7) is 4.05. The Balaban J connectivity index is 2.14. The van der Waals surface area contributed by atoms with Crippen molar-refractivity contribution in [2.75, 3.05) is 0 Å². The Morgan fingerprint density at radius 2 is 1.08 bits per heavy atom. The summed E-state index contributed by atoms with van der Waals surface area (Å²) in [6, 6.07) is 19.1. The van der Waals surface area contributed by atoms with E-state index in [1.807, 2.05) is 74.5 Å². The molecule has 3 nitrogen and oxygen atoms in total. The molecule has 0 saturated carbocycles. The van der Waals surface area contributed by atoms with Gasteiger partial charge in [-0.2, -0.15) is 0 Å². The third-order valence-electron chi connectivity index (χ3n) is 4.33. The average molecular weight is 338 g/mol. The summed E-state index contributed by atoms with van der Waals surface area (Å²) in [6.07, 6.45) is 3.03. The van der Waals surface area contributed by atoms with E-state index in [4.69, 9.17) is 4.74 Å². The predicted molar refractivity (Wildman–Crippen MR) is 99.3 cm³/mol. The van der Waals surface area contributed by atoms with Crippen LogP contribution in [0.2, 0.25) is 0 Å². The summed E-state index contributed by atoms with van der Waals surface area (Å²) in [5.74, 6) is -1.69. The van der Waals surface area contributed by atoms with Gasteiger partial charge in [0, 0.05) is 0 Å². The standard InChI is InChI=1S/C22H26O3/c1-3-11-19(17-13-7-5-8-14-17)21(23)25-22(24)20(12-4-2)18-15-9-6-10-16-18/h5-10,13-16,19-20H,3-4,11-12H2,1-2H3. The largest absolute Gasteiger partial charge is 0.392 e. The van der Waals surface area contributed by atoms with Crippen LogP contribution in [0, 0.1) is 0 Å². The molecule has 0 bridgehead atoms. The lowest BCUT2D eigenvalue weighted by atomic mass is 9.93. The summed E-state index contributed by atoms with van der Waals surface area (Å²) < 4.78 is 5.31. The van der Waals surface area contributed by atoms with Gasteiger partial charge in [0.1, 0.15) is 0 Å². The number of esters is 2. The zero-order chi connectivity index (χ0) is 18.1. The zero-order valence-electron chi connectivity index (χ0n) is 15.0. The molecule has 0 fully saturated rings. The number of hydrogen-bond donors (Lipinski definition) is 0. The lowest BCUT2D eigenvalue weighted by Crippen LogP contribution is -2.24. The van der Waals surface area contributed by atoms with Crippen molar-refractivity contribution in [2.24, 2.45) is 0 Å². The molecule has 2 unspecified atom stereocenters. The first-order valence-corrected chi connectivity index (χ1v) is 9.02. The van der Waals surface area contributed by atoms with Crippen LogP contribution in [-0.2, 0) is 14.3 Å². The van der Waals surface area contributed by atoms with Crippen LogP contribution in [0.1, 0.15) is 62.5 Å². The predicted octanol–water partition coefficient (Wildman–Crippen LogP) is 5.22. The van der Waals surface area contributed by atoms with E-state index in [9.17, 15) is 9.59 Å². The first-order chi connectivity index (χ1) is 12.2. The lowest BCUT2D eigenvalue weighted by Gasteiger charge is -2.18. The number of carbonyl (C=O) groups excluding carboxylic acids is 2. The number of ether oxygens (including phenoxy) is 1. The maximum atomic E-state index is 12.6. The third-order valence-corrected chi connectivity index (χ3v) is 4.33. The minimum atomic E-state index is -0.449. The van der Waals surface area contributed by atoms with Gasteiger partial charge in [-0.15, -0.1) is 0 Å². The van der Waals surface area contributed by atoms with Gasteiger partial charge in [-0.05, 0) is 24.0 Å². The molecule has 2 aromatic carbocycles. The highest BCUT2D eigenvalue weighted by Gasteiger charge is 2.28. The van der Waals surface area contributed by atoms with Crippen LogP contribution < -0.4 is 0 Å². The molecular formula is C22H26O3. The van der Waals surface area contributed by atoms with Crippen LogP contribution in [0.3, 0.4) is 0 Å². The first-order valence-electron chi connectivity index (χ1n) is 9.02. The molecule has 0 N–H and O–H groups in total. The summed E-state index contributed by atoms with van der Waals surface area (Å²) in [5, 5.41) is 0. The Hall–Kier alpha value is -2.42. The van der Waals surface area contributed by atoms with Gasteiger partial charge in [-0.1, -0.05) is 87.4 Å². The lowest BCUT2D eigenvalue weighted by molar-refractivity contribution is -0.162. The molecule has 132 valence electrons. The molecule has 3 heteroatoms. The Morgan fingerprint density at radius 1 is 0.720 bits per heavy atom. The van der Waals surface area contributed by atoms with Gasteiger partial charge in [0.2, 0.25) is 0 Å². The Bertz CT molecular complexity index is 605. The van der Waals surface area contributed by atoms with Crippen molar-refractivity contribution >= 4 is 11.9 Å². The van der Waals surface area contributed by atoms with Crippen molar-refractivity contribution in [3.8, 4) is 0 Å². The van der Waals surface area contributed by atoms with Crippen molar-refractivity contribution < 1.29 is 14.3 Å². The molecule has 0 saturated heterocycles. The average Bonchev–Trinajstić information content (AvgIpc) is 2.65. The summed E-state index contributed by atoms with van der Waals surface area (Å²) in [7, 11) is 0. The van der Waals surface area contributed by atoms with Gasteiger partial charge in [0.15, 0.2) is 0 Å². The fraction of sp³-hybridized carbons (Fsp3) is 0.364. The monoisotopic (exact) mass is 338 g/mol. The van der Waals surface area contributed by atoms with Crippen LogP contribution in [0.4, 0.5) is 0 Å². The number of benzene rings is 2. The topological polar surface area (TPSA) is 43.4 Å². The molecule has 0 aromatic heterocycles. The normalized spacial score (nSPS) is 13.0. The van der Waals surface area contributed by atoms with E-state index in [2.05, 4.69) is 0 Å². The van der Waals surface area contributed by atoms with Crippen molar-refractivity contribution in [3.63, 3.8) is 0 Å². The maximum absolute atomic E-state index is 12.6. The van der Waals surface area contributed by atoms with Gasteiger partial charge in [-0.3, -0.25) is 9.59 Å². The van der Waals surface area contributed by atoms with Gasteiger partial charge in [0.05, 0.1) is 11.8 Å². The number of hydrogen-bond acceptors (Lipinski definition) is 3. The Morgan fingerprint density at radius 3 is 1.40 bits per heavy atom. The van der Waals surface area contributed by atoms with Gasteiger partial charge in [0.25, 0.3) is 0 Å². The summed E-state index contributed by atoms with van der Waals surface area (Å²) in [5.41, 5.74) is 1.79. The molecule has 0 heterocycles. The summed E-state index contributed by atoms with van der Waals surface area (Å²) in [4.78, 5) is 25.3. The van der Waals surface area contributed by atoms with E-state index in [0.29, 0.717) is 12.8 Å². The van der Waals surface area contributed by atoms with Crippen molar-refractivity contribution in [3.05, 3.63) is 71.8 Å². The molecule has 0 amide bonds. The van der Waals surface area contributed by atoms with Crippen molar-refractivity contribution in [2.45, 2.75) is 51.4 Å². The minimum absolute atomic E-state index is 0.395. The third kappa shape index (κ3) is 5.28. The van der Waals surface area contributed by atoms with Crippen LogP contribution in [0.15, 0.2) is 60.7 Å². The van der Waals surface area contributed by atoms with Crippen LogP contribution >= 0.6 is 0 Å². The molecule has 25 heavy (non-hydrogen) atoms. The Labute approximate surface area is 150 Å². The second kappa shape index (κ2) is 9.77. The molecular weight excluding hydrogens is 312 g/mol. The highest BCUT2D eigenvalue weighted by Crippen LogP contribution is 2.26. The van der Waals surface area contributed by atoms with Crippen molar-refractivity contribution in [1.29, 1.82) is 0 Å². The molecule has 0 spiro atoms. The number of rotatable bonds is 8. The van der Waals surface area contributed by atoms with E-state index < -0.39 is 23.8 Å². The SMILES string of the molecule is CCCC(C(=O)OC(=O)C(CCC)c1ccccc1)c1ccccc1. The fourth-order valence-corrected chi connectivity index (χ4v) is 3.03. The van der Waals surface area contributed by atoms with E-state index >= 15 is 0 Å². The molecule has 0 radical (unpaired) electrons. The van der Waals surface area contributed by atoms with Crippen LogP contribution in [-0.4, -0.2) is 11.9 Å². The quantitative estimate of drug-likeness (QED) is 0.489. The smallest absolute Gasteiger partial charge is 0.321 e. The fourth-order valence-electron chi connectivity index (χ4n) is 3.03. The summed E-state index contributed by atoms with van der Waals surface area (Å²) >= 11 is 0. The van der Waals surface area contributed by atoms with E-state index in [1.165, 1.54) is 0 Å². The first kappa shape index (κ1) is 18.9. The van der Waals surface area contributed by atoms with E-state index in [0.717, 1.165) is 24.0 Å². The number of carbonyl (C=O) groups is 2. The van der Waals surface area contributed by atoms with Crippen molar-refractivity contribution in [1.82, 2.24) is 0 Å². The van der Waals surface area contributed by atoms with Gasteiger partial charge < -0.3 is 4.74 Å². The van der Waals surface area contributed by atoms with Gasteiger partial charge >= 0.3 is 11.9 Å². The second-order valence-corrected chi connectivity index (χ2v) is 6.24. The molecule has 2 rings (SSSR count). The van der Waals surface area contributed by atoms with E-state index in [-0.39, 0.29) is 0 Å². The second-order valence-electron chi connectivity index (χ2n) is 6.24. The zero-order valence-corrected chi connectivity index (χ0v) is 15.0.